The second-order valence-electron chi connectivity index (χ2n) is 2.78. The van der Waals surface area contributed by atoms with Gasteiger partial charge in [-0.3, -0.25) is 0 Å². The van der Waals surface area contributed by atoms with E-state index in [1.165, 1.54) is 13.0 Å². The third kappa shape index (κ3) is 0.956. The Balaban J connectivity index is 1.97. The number of hydrogen-bond acceptors (Lipinski definition) is 3. The van der Waals surface area contributed by atoms with Gasteiger partial charge in [-0.15, -0.1) is 0 Å². The molecule has 0 spiro atoms. The van der Waals surface area contributed by atoms with Crippen LogP contribution in [-0.4, -0.2) is 25.7 Å². The van der Waals surface area contributed by atoms with E-state index in [0.717, 1.165) is 19.1 Å². The Hall–Kier alpha value is -0.120. The molecule has 2 fully saturated rings. The molecule has 0 amide bonds. The lowest BCUT2D eigenvalue weighted by Crippen LogP contribution is -2.41. The lowest BCUT2D eigenvalue weighted by Gasteiger charge is -2.24. The predicted octanol–water partition coefficient (Wildman–Crippen LogP) is -0.501. The summed E-state index contributed by atoms with van der Waals surface area (Å²) in [6.07, 6.45) is 1.21. The minimum absolute atomic E-state index is 0.582. The summed E-state index contributed by atoms with van der Waals surface area (Å²) in [6, 6.07) is 0.582. The number of nitrogens with one attached hydrogen (secondary N) is 2. The fraction of sp³-hybridized carbons (Fsp3) is 1.00. The van der Waals surface area contributed by atoms with Crippen LogP contribution in [0.5, 0.6) is 0 Å². The van der Waals surface area contributed by atoms with E-state index in [1.54, 1.807) is 0 Å². The molecule has 0 bridgehead atoms. The second kappa shape index (κ2) is 2.25. The minimum atomic E-state index is 0.582. The molecule has 2 N–H and O–H groups in total. The molecule has 0 aliphatic carbocycles. The van der Waals surface area contributed by atoms with E-state index in [0.29, 0.717) is 6.04 Å². The van der Waals surface area contributed by atoms with Crippen LogP contribution in [0.2, 0.25) is 0 Å². The molecule has 0 aromatic heterocycles. The molecule has 0 aromatic rings. The molecule has 2 aliphatic rings. The zero-order valence-corrected chi connectivity index (χ0v) is 5.39. The monoisotopic (exact) mass is 128 g/mol. The number of rotatable bonds is 0. The molecule has 2 aliphatic heterocycles. The van der Waals surface area contributed by atoms with Crippen molar-refractivity contribution in [3.8, 4) is 0 Å². The topological polar surface area (TPSA) is 33.3 Å². The van der Waals surface area contributed by atoms with Gasteiger partial charge in [0.05, 0.1) is 6.61 Å². The largest absolute Gasteiger partial charge is 0.315 e. The highest BCUT2D eigenvalue weighted by Gasteiger charge is 2.29. The Morgan fingerprint density at radius 1 is 1.33 bits per heavy atom. The highest BCUT2D eigenvalue weighted by atomic mass is 16.6. The average Bonchev–Trinajstić information content (AvgIpc) is 2.33. The Bertz CT molecular complexity index is 95.2. The maximum Gasteiger partial charge on any atom is 0.0686 e. The minimum Gasteiger partial charge on any atom is -0.315 e. The molecule has 3 nitrogen and oxygen atoms in total. The molecule has 2 unspecified atom stereocenters. The molecule has 2 rings (SSSR count). The molecule has 0 radical (unpaired) electrons. The predicted molar refractivity (Wildman–Crippen MR) is 33.9 cm³/mol. The smallest absolute Gasteiger partial charge is 0.0686 e. The van der Waals surface area contributed by atoms with Crippen molar-refractivity contribution in [2.45, 2.75) is 12.5 Å². The molecular formula is C6H12N2O. The molecule has 2 heterocycles. The first kappa shape index (κ1) is 5.65. The third-order valence-electron chi connectivity index (χ3n) is 2.17. The fourth-order valence-electron chi connectivity index (χ4n) is 1.55. The number of hydroxylamine groups is 1. The van der Waals surface area contributed by atoms with Crippen molar-refractivity contribution in [3.63, 3.8) is 0 Å². The summed E-state index contributed by atoms with van der Waals surface area (Å²) in [6.45, 7) is 3.12. The zero-order chi connectivity index (χ0) is 6.10. The number of hydrogen-bond donors (Lipinski definition) is 2. The third-order valence-corrected chi connectivity index (χ3v) is 2.17. The molecule has 3 heteroatoms. The quantitative estimate of drug-likeness (QED) is 0.461. The Kier molecular flexibility index (Phi) is 1.41. The van der Waals surface area contributed by atoms with Crippen LogP contribution in [0.4, 0.5) is 0 Å². The molecular weight excluding hydrogens is 116 g/mol. The van der Waals surface area contributed by atoms with E-state index < -0.39 is 0 Å². The SMILES string of the molecule is C1CC2CNCC2NO1. The Morgan fingerprint density at radius 3 is 3.22 bits per heavy atom. The van der Waals surface area contributed by atoms with Gasteiger partial charge in [-0.05, 0) is 18.9 Å². The molecule has 2 atom stereocenters. The molecule has 52 valence electrons. The maximum atomic E-state index is 5.09. The van der Waals surface area contributed by atoms with Crippen LogP contribution in [-0.2, 0) is 4.84 Å². The van der Waals surface area contributed by atoms with E-state index in [9.17, 15) is 0 Å². The first-order valence-electron chi connectivity index (χ1n) is 3.55. The summed E-state index contributed by atoms with van der Waals surface area (Å²) in [5, 5.41) is 3.32. The van der Waals surface area contributed by atoms with E-state index in [-0.39, 0.29) is 0 Å². The van der Waals surface area contributed by atoms with Gasteiger partial charge in [0.15, 0.2) is 0 Å². The van der Waals surface area contributed by atoms with Crippen molar-refractivity contribution in [2.24, 2.45) is 5.92 Å². The molecule has 2 saturated heterocycles. The average molecular weight is 128 g/mol. The van der Waals surface area contributed by atoms with E-state index >= 15 is 0 Å². The lowest BCUT2D eigenvalue weighted by molar-refractivity contribution is -0.0312. The van der Waals surface area contributed by atoms with Crippen molar-refractivity contribution < 1.29 is 4.84 Å². The van der Waals surface area contributed by atoms with Crippen LogP contribution in [0.1, 0.15) is 6.42 Å². The summed E-state index contributed by atoms with van der Waals surface area (Å²) in [5.74, 6) is 0.818. The van der Waals surface area contributed by atoms with Crippen LogP contribution < -0.4 is 10.8 Å². The van der Waals surface area contributed by atoms with E-state index in [4.69, 9.17) is 4.84 Å². The van der Waals surface area contributed by atoms with Crippen LogP contribution in [0, 0.1) is 5.92 Å². The highest BCUT2D eigenvalue weighted by molar-refractivity contribution is 4.85. The summed E-state index contributed by atoms with van der Waals surface area (Å²) >= 11 is 0. The van der Waals surface area contributed by atoms with Crippen molar-refractivity contribution in [1.82, 2.24) is 10.8 Å². The molecule has 0 aromatic carbocycles. The highest BCUT2D eigenvalue weighted by Crippen LogP contribution is 2.16. The summed E-state index contributed by atoms with van der Waals surface area (Å²) in [5.41, 5.74) is 3.02. The van der Waals surface area contributed by atoms with Crippen molar-refractivity contribution >= 4 is 0 Å². The molecule has 9 heavy (non-hydrogen) atoms. The van der Waals surface area contributed by atoms with Crippen LogP contribution in [0.25, 0.3) is 0 Å². The van der Waals surface area contributed by atoms with Gasteiger partial charge in [-0.1, -0.05) is 0 Å². The first-order valence-corrected chi connectivity index (χ1v) is 3.55. The van der Waals surface area contributed by atoms with E-state index in [2.05, 4.69) is 10.8 Å². The van der Waals surface area contributed by atoms with Gasteiger partial charge in [0.25, 0.3) is 0 Å². The lowest BCUT2D eigenvalue weighted by atomic mass is 10.0. The normalized spacial score (nSPS) is 42.7. The van der Waals surface area contributed by atoms with Crippen molar-refractivity contribution in [2.75, 3.05) is 19.7 Å². The summed E-state index contributed by atoms with van der Waals surface area (Å²) < 4.78 is 0. The van der Waals surface area contributed by atoms with Gasteiger partial charge in [0, 0.05) is 12.6 Å². The van der Waals surface area contributed by atoms with Crippen molar-refractivity contribution in [1.29, 1.82) is 0 Å². The molecule has 0 saturated carbocycles. The zero-order valence-electron chi connectivity index (χ0n) is 5.39. The van der Waals surface area contributed by atoms with Gasteiger partial charge in [0.1, 0.15) is 0 Å². The van der Waals surface area contributed by atoms with E-state index in [1.807, 2.05) is 0 Å². The second-order valence-corrected chi connectivity index (χ2v) is 2.78. The van der Waals surface area contributed by atoms with Gasteiger partial charge in [-0.2, -0.15) is 5.48 Å². The van der Waals surface area contributed by atoms with Gasteiger partial charge < -0.3 is 10.2 Å². The standard InChI is InChI=1S/C6H12N2O/c1-2-9-8-6-4-7-3-5(1)6/h5-8H,1-4H2. The van der Waals surface area contributed by atoms with Crippen LogP contribution in [0.3, 0.4) is 0 Å². The number of fused-ring (bicyclic) bond motifs is 1. The van der Waals surface area contributed by atoms with Crippen LogP contribution in [0.15, 0.2) is 0 Å². The summed E-state index contributed by atoms with van der Waals surface area (Å²) in [7, 11) is 0. The van der Waals surface area contributed by atoms with Crippen LogP contribution >= 0.6 is 0 Å². The first-order chi connectivity index (χ1) is 4.47. The van der Waals surface area contributed by atoms with Gasteiger partial charge in [-0.25, -0.2) is 0 Å². The van der Waals surface area contributed by atoms with Gasteiger partial charge in [0.2, 0.25) is 0 Å². The van der Waals surface area contributed by atoms with Gasteiger partial charge >= 0.3 is 0 Å². The Labute approximate surface area is 54.7 Å². The van der Waals surface area contributed by atoms with Crippen molar-refractivity contribution in [3.05, 3.63) is 0 Å². The Morgan fingerprint density at radius 2 is 2.33 bits per heavy atom. The fourth-order valence-corrected chi connectivity index (χ4v) is 1.55. The summed E-state index contributed by atoms with van der Waals surface area (Å²) in [4.78, 5) is 5.09. The maximum absolute atomic E-state index is 5.09.